The molecule has 0 nitrogen and oxygen atoms in total. The van der Waals surface area contributed by atoms with Crippen molar-refractivity contribution in [1.82, 2.24) is 0 Å². The maximum absolute atomic E-state index is 2.49. The van der Waals surface area contributed by atoms with Crippen molar-refractivity contribution in [2.45, 2.75) is 80.1 Å². The third-order valence-corrected chi connectivity index (χ3v) is 4.05. The lowest BCUT2D eigenvalue weighted by Crippen LogP contribution is -2.18. The summed E-state index contributed by atoms with van der Waals surface area (Å²) in [6.07, 6.45) is 8.33. The fourth-order valence-electron chi connectivity index (χ4n) is 2.49. The maximum Gasteiger partial charge on any atom is -0.0326 e. The van der Waals surface area contributed by atoms with E-state index in [1.165, 1.54) is 38.5 Å². The summed E-state index contributed by atoms with van der Waals surface area (Å²) in [5.74, 6) is 1.73. The molecule has 0 rings (SSSR count). The molecule has 0 N–H and O–H groups in total. The van der Waals surface area contributed by atoms with E-state index in [2.05, 4.69) is 41.5 Å². The average molecular weight is 212 g/mol. The van der Waals surface area contributed by atoms with Gasteiger partial charge in [-0.15, -0.1) is 0 Å². The Morgan fingerprint density at radius 3 is 1.67 bits per heavy atom. The van der Waals surface area contributed by atoms with Gasteiger partial charge in [0.2, 0.25) is 0 Å². The minimum absolute atomic E-state index is 0.618. The van der Waals surface area contributed by atoms with Crippen molar-refractivity contribution in [3.05, 3.63) is 0 Å². The van der Waals surface area contributed by atoms with Crippen LogP contribution in [0.4, 0.5) is 0 Å². The highest BCUT2D eigenvalue weighted by Crippen LogP contribution is 2.36. The molecule has 0 heterocycles. The average Bonchev–Trinajstić information content (AvgIpc) is 2.15. The molecular formula is C15H32. The second-order valence-electron chi connectivity index (χ2n) is 6.07. The van der Waals surface area contributed by atoms with E-state index < -0.39 is 0 Å². The van der Waals surface area contributed by atoms with Crippen molar-refractivity contribution < 1.29 is 0 Å². The van der Waals surface area contributed by atoms with Gasteiger partial charge in [0, 0.05) is 0 Å². The van der Waals surface area contributed by atoms with Crippen molar-refractivity contribution in [2.24, 2.45) is 17.3 Å². The molecule has 0 aromatic carbocycles. The third kappa shape index (κ3) is 6.22. The standard InChI is InChI=1S/C15H32/c1-7-10-15(6,11-8-2)12-9-14(5)13(3)4/h13-14H,7-12H2,1-6H3. The summed E-state index contributed by atoms with van der Waals surface area (Å²) in [5.41, 5.74) is 0.618. The molecule has 0 amide bonds. The molecule has 0 saturated carbocycles. The van der Waals surface area contributed by atoms with Gasteiger partial charge in [-0.3, -0.25) is 0 Å². The molecule has 1 atom stereocenters. The Kier molecular flexibility index (Phi) is 7.30. The summed E-state index contributed by atoms with van der Waals surface area (Å²) >= 11 is 0. The van der Waals surface area contributed by atoms with Crippen LogP contribution < -0.4 is 0 Å². The first-order valence-corrected chi connectivity index (χ1v) is 6.95. The molecule has 0 aliphatic carbocycles. The van der Waals surface area contributed by atoms with Gasteiger partial charge in [0.15, 0.2) is 0 Å². The quantitative estimate of drug-likeness (QED) is 0.486. The molecule has 15 heavy (non-hydrogen) atoms. The zero-order valence-electron chi connectivity index (χ0n) is 11.9. The summed E-state index contributed by atoms with van der Waals surface area (Å²) < 4.78 is 0. The lowest BCUT2D eigenvalue weighted by molar-refractivity contribution is 0.211. The first-order chi connectivity index (χ1) is 6.95. The molecule has 0 heteroatoms. The van der Waals surface area contributed by atoms with Crippen molar-refractivity contribution in [2.75, 3.05) is 0 Å². The molecule has 1 unspecified atom stereocenters. The molecular weight excluding hydrogens is 180 g/mol. The first-order valence-electron chi connectivity index (χ1n) is 6.95. The van der Waals surface area contributed by atoms with E-state index in [4.69, 9.17) is 0 Å². The molecule has 0 radical (unpaired) electrons. The molecule has 0 aliphatic rings. The van der Waals surface area contributed by atoms with Gasteiger partial charge in [-0.2, -0.15) is 0 Å². The SMILES string of the molecule is CCCC(C)(CCC)CCC(C)C(C)C. The summed E-state index contributed by atoms with van der Waals surface area (Å²) in [4.78, 5) is 0. The normalized spacial score (nSPS) is 14.6. The van der Waals surface area contributed by atoms with E-state index in [-0.39, 0.29) is 0 Å². The van der Waals surface area contributed by atoms with Gasteiger partial charge in [0.25, 0.3) is 0 Å². The van der Waals surface area contributed by atoms with Gasteiger partial charge in [-0.05, 0) is 42.9 Å². The van der Waals surface area contributed by atoms with Crippen LogP contribution in [0, 0.1) is 17.3 Å². The highest BCUT2D eigenvalue weighted by Gasteiger charge is 2.23. The zero-order chi connectivity index (χ0) is 11.9. The van der Waals surface area contributed by atoms with E-state index in [1.54, 1.807) is 0 Å². The second-order valence-corrected chi connectivity index (χ2v) is 6.07. The van der Waals surface area contributed by atoms with E-state index in [0.29, 0.717) is 5.41 Å². The van der Waals surface area contributed by atoms with Crippen molar-refractivity contribution >= 4 is 0 Å². The van der Waals surface area contributed by atoms with Gasteiger partial charge >= 0.3 is 0 Å². The van der Waals surface area contributed by atoms with Gasteiger partial charge in [0.1, 0.15) is 0 Å². The highest BCUT2D eigenvalue weighted by atomic mass is 14.3. The van der Waals surface area contributed by atoms with Crippen LogP contribution in [-0.2, 0) is 0 Å². The molecule has 0 fully saturated rings. The Morgan fingerprint density at radius 1 is 0.867 bits per heavy atom. The largest absolute Gasteiger partial charge is 0.0654 e. The predicted octanol–water partition coefficient (Wildman–Crippen LogP) is 5.67. The van der Waals surface area contributed by atoms with Crippen LogP contribution in [0.5, 0.6) is 0 Å². The summed E-state index contributed by atoms with van der Waals surface area (Å²) in [6, 6.07) is 0. The van der Waals surface area contributed by atoms with Crippen LogP contribution in [0.1, 0.15) is 80.1 Å². The van der Waals surface area contributed by atoms with E-state index in [0.717, 1.165) is 11.8 Å². The lowest BCUT2D eigenvalue weighted by atomic mass is 9.75. The summed E-state index contributed by atoms with van der Waals surface area (Å²) in [7, 11) is 0. The lowest BCUT2D eigenvalue weighted by Gasteiger charge is -2.31. The van der Waals surface area contributed by atoms with Crippen molar-refractivity contribution in [3.63, 3.8) is 0 Å². The number of rotatable bonds is 8. The van der Waals surface area contributed by atoms with Crippen LogP contribution in [-0.4, -0.2) is 0 Å². The first kappa shape index (κ1) is 15.0. The Labute approximate surface area is 97.8 Å². The third-order valence-electron chi connectivity index (χ3n) is 4.05. The molecule has 0 aliphatic heterocycles. The topological polar surface area (TPSA) is 0 Å². The highest BCUT2D eigenvalue weighted by molar-refractivity contribution is 4.75. The van der Waals surface area contributed by atoms with Gasteiger partial charge in [-0.1, -0.05) is 54.4 Å². The fourth-order valence-corrected chi connectivity index (χ4v) is 2.49. The zero-order valence-corrected chi connectivity index (χ0v) is 11.9. The second kappa shape index (κ2) is 7.30. The Balaban J connectivity index is 4.05. The minimum atomic E-state index is 0.618. The molecule has 0 saturated heterocycles. The van der Waals surface area contributed by atoms with Crippen molar-refractivity contribution in [3.8, 4) is 0 Å². The minimum Gasteiger partial charge on any atom is -0.0654 e. The Bertz CT molecular complexity index is 140. The Hall–Kier alpha value is 0. The molecule has 0 bridgehead atoms. The van der Waals surface area contributed by atoms with E-state index in [9.17, 15) is 0 Å². The Morgan fingerprint density at radius 2 is 1.33 bits per heavy atom. The van der Waals surface area contributed by atoms with E-state index >= 15 is 0 Å². The van der Waals surface area contributed by atoms with Gasteiger partial charge < -0.3 is 0 Å². The molecule has 92 valence electrons. The smallest absolute Gasteiger partial charge is 0.0326 e. The summed E-state index contributed by atoms with van der Waals surface area (Å²) in [5, 5.41) is 0. The van der Waals surface area contributed by atoms with Gasteiger partial charge in [0.05, 0.1) is 0 Å². The molecule has 0 aromatic rings. The van der Waals surface area contributed by atoms with Crippen LogP contribution in [0.15, 0.2) is 0 Å². The molecule has 0 spiro atoms. The predicted molar refractivity (Wildman–Crippen MR) is 71.2 cm³/mol. The number of hydrogen-bond acceptors (Lipinski definition) is 0. The van der Waals surface area contributed by atoms with Crippen LogP contribution in [0.2, 0.25) is 0 Å². The molecule has 0 aromatic heterocycles. The maximum atomic E-state index is 2.49. The fraction of sp³-hybridized carbons (Fsp3) is 1.00. The number of hydrogen-bond donors (Lipinski definition) is 0. The van der Waals surface area contributed by atoms with Gasteiger partial charge in [-0.25, -0.2) is 0 Å². The summed E-state index contributed by atoms with van der Waals surface area (Å²) in [6.45, 7) is 14.2. The van der Waals surface area contributed by atoms with Crippen molar-refractivity contribution in [1.29, 1.82) is 0 Å². The van der Waals surface area contributed by atoms with Crippen LogP contribution >= 0.6 is 0 Å². The van der Waals surface area contributed by atoms with Crippen LogP contribution in [0.3, 0.4) is 0 Å². The monoisotopic (exact) mass is 212 g/mol. The van der Waals surface area contributed by atoms with Crippen LogP contribution in [0.25, 0.3) is 0 Å². The van der Waals surface area contributed by atoms with E-state index in [1.807, 2.05) is 0 Å².